The summed E-state index contributed by atoms with van der Waals surface area (Å²) >= 11 is 5.68. The smallest absolute Gasteiger partial charge is 0.0360 e. The lowest BCUT2D eigenvalue weighted by molar-refractivity contribution is 0.831. The molecule has 0 aliphatic rings. The first-order chi connectivity index (χ1) is 5.16. The van der Waals surface area contributed by atoms with E-state index in [1.165, 1.54) is 0 Å². The van der Waals surface area contributed by atoms with Crippen LogP contribution >= 0.6 is 11.6 Å². The molecule has 0 aliphatic carbocycles. The van der Waals surface area contributed by atoms with Crippen molar-refractivity contribution in [1.82, 2.24) is 0 Å². The van der Waals surface area contributed by atoms with Gasteiger partial charge in [-0.15, -0.1) is 0 Å². The molecule has 0 spiro atoms. The Kier molecular flexibility index (Phi) is 11.9. The molecule has 0 radical (unpaired) electrons. The van der Waals surface area contributed by atoms with Gasteiger partial charge in [0.1, 0.15) is 0 Å². The molecule has 0 aromatic carbocycles. The summed E-state index contributed by atoms with van der Waals surface area (Å²) in [6.07, 6.45) is 5.87. The van der Waals surface area contributed by atoms with Crippen LogP contribution in [0.2, 0.25) is 0 Å². The van der Waals surface area contributed by atoms with Gasteiger partial charge in [-0.2, -0.15) is 0 Å². The molecule has 0 fully saturated rings. The molecule has 0 rings (SSSR count). The molecule has 0 aromatic heterocycles. The average Bonchev–Trinajstić information content (AvgIpc) is 2.04. The van der Waals surface area contributed by atoms with E-state index >= 15 is 0 Å². The van der Waals surface area contributed by atoms with Crippen LogP contribution in [0.15, 0.2) is 23.3 Å². The summed E-state index contributed by atoms with van der Waals surface area (Å²) in [6, 6.07) is 0. The minimum Gasteiger partial charge on any atom is -0.0847 e. The maximum atomic E-state index is 5.68. The molecular formula is C10H19Cl. The molecule has 0 bridgehead atoms. The van der Waals surface area contributed by atoms with Crippen LogP contribution in [0.5, 0.6) is 0 Å². The summed E-state index contributed by atoms with van der Waals surface area (Å²) in [5, 5.41) is 0.809. The van der Waals surface area contributed by atoms with E-state index in [1.54, 1.807) is 0 Å². The van der Waals surface area contributed by atoms with Crippen molar-refractivity contribution >= 4 is 11.6 Å². The van der Waals surface area contributed by atoms with E-state index in [2.05, 4.69) is 19.9 Å². The number of rotatable bonds is 2. The van der Waals surface area contributed by atoms with Gasteiger partial charge in [-0.25, -0.2) is 0 Å². The van der Waals surface area contributed by atoms with E-state index in [0.717, 1.165) is 5.03 Å². The van der Waals surface area contributed by atoms with Crippen LogP contribution < -0.4 is 0 Å². The third kappa shape index (κ3) is 12.9. The fourth-order valence-corrected chi connectivity index (χ4v) is 0.453. The van der Waals surface area contributed by atoms with E-state index < -0.39 is 0 Å². The highest BCUT2D eigenvalue weighted by molar-refractivity contribution is 6.31. The normalized spacial score (nSPS) is 11.7. The first-order valence-electron chi connectivity index (χ1n) is 4.17. The van der Waals surface area contributed by atoms with Gasteiger partial charge in [0.25, 0.3) is 0 Å². The monoisotopic (exact) mass is 174 g/mol. The van der Waals surface area contributed by atoms with Crippen LogP contribution in [0, 0.1) is 5.92 Å². The molecule has 0 aromatic rings. The Balaban J connectivity index is 0. The third-order valence-electron chi connectivity index (χ3n) is 0.916. The van der Waals surface area contributed by atoms with Gasteiger partial charge in [0.2, 0.25) is 0 Å². The van der Waals surface area contributed by atoms with Crippen LogP contribution in [-0.2, 0) is 0 Å². The van der Waals surface area contributed by atoms with Crippen molar-refractivity contribution in [3.8, 4) is 0 Å². The first-order valence-corrected chi connectivity index (χ1v) is 4.54. The maximum Gasteiger partial charge on any atom is 0.0360 e. The zero-order valence-electron chi connectivity index (χ0n) is 8.19. The average molecular weight is 175 g/mol. The summed E-state index contributed by atoms with van der Waals surface area (Å²) in [5.41, 5.74) is 0. The lowest BCUT2D eigenvalue weighted by Crippen LogP contribution is -1.75. The molecule has 0 saturated heterocycles. The first kappa shape index (κ1) is 13.4. The number of halogens is 1. The third-order valence-corrected chi connectivity index (χ3v) is 1.26. The van der Waals surface area contributed by atoms with Crippen LogP contribution in [0.1, 0.15) is 34.6 Å². The molecule has 0 aliphatic heterocycles. The van der Waals surface area contributed by atoms with E-state index in [4.69, 9.17) is 11.6 Å². The van der Waals surface area contributed by atoms with Gasteiger partial charge in [0.15, 0.2) is 0 Å². The molecule has 11 heavy (non-hydrogen) atoms. The van der Waals surface area contributed by atoms with Crippen molar-refractivity contribution in [3.05, 3.63) is 23.3 Å². The van der Waals surface area contributed by atoms with Gasteiger partial charge < -0.3 is 0 Å². The Morgan fingerprint density at radius 2 is 1.73 bits per heavy atom. The van der Waals surface area contributed by atoms with E-state index in [-0.39, 0.29) is 0 Å². The van der Waals surface area contributed by atoms with Crippen molar-refractivity contribution in [3.63, 3.8) is 0 Å². The second kappa shape index (κ2) is 9.77. The van der Waals surface area contributed by atoms with Gasteiger partial charge in [0, 0.05) is 5.03 Å². The standard InChI is InChI=1S/C8H13Cl.C2H6/c1-4-8(9)6-5-7(2)3;1-2/h4-7H,1-3H3;1-2H3/b6-5-,8-4+;. The molecule has 0 heterocycles. The highest BCUT2D eigenvalue weighted by Crippen LogP contribution is 2.04. The summed E-state index contributed by atoms with van der Waals surface area (Å²) in [6.45, 7) is 10.2. The molecule has 0 N–H and O–H groups in total. The van der Waals surface area contributed by atoms with Crippen molar-refractivity contribution in [2.45, 2.75) is 34.6 Å². The molecule has 0 amide bonds. The molecule has 0 nitrogen and oxygen atoms in total. The van der Waals surface area contributed by atoms with Crippen molar-refractivity contribution in [2.75, 3.05) is 0 Å². The second-order valence-corrected chi connectivity index (χ2v) is 2.71. The van der Waals surface area contributed by atoms with E-state index in [1.807, 2.05) is 32.9 Å². The minimum absolute atomic E-state index is 0.582. The fourth-order valence-electron chi connectivity index (χ4n) is 0.381. The number of allylic oxidation sites excluding steroid dienone is 4. The van der Waals surface area contributed by atoms with Gasteiger partial charge in [-0.3, -0.25) is 0 Å². The predicted molar refractivity (Wildman–Crippen MR) is 54.9 cm³/mol. The van der Waals surface area contributed by atoms with Gasteiger partial charge in [-0.1, -0.05) is 51.4 Å². The zero-order valence-corrected chi connectivity index (χ0v) is 8.94. The largest absolute Gasteiger partial charge is 0.0847 e. The Labute approximate surface area is 76.0 Å². The lowest BCUT2D eigenvalue weighted by Gasteiger charge is -1.91. The Morgan fingerprint density at radius 3 is 2.00 bits per heavy atom. The molecule has 1 heteroatoms. The zero-order chi connectivity index (χ0) is 9.28. The number of hydrogen-bond acceptors (Lipinski definition) is 0. The maximum absolute atomic E-state index is 5.68. The van der Waals surface area contributed by atoms with E-state index in [9.17, 15) is 0 Å². The highest BCUT2D eigenvalue weighted by atomic mass is 35.5. The Morgan fingerprint density at radius 1 is 1.27 bits per heavy atom. The van der Waals surface area contributed by atoms with Gasteiger partial charge in [0.05, 0.1) is 0 Å². The Hall–Kier alpha value is -0.230. The quantitative estimate of drug-likeness (QED) is 0.546. The predicted octanol–water partition coefficient (Wildman–Crippen LogP) is 4.37. The van der Waals surface area contributed by atoms with E-state index in [0.29, 0.717) is 5.92 Å². The SMILES string of the molecule is C/C=C(Cl)\C=C/C(C)C.CC. The minimum atomic E-state index is 0.582. The van der Waals surface area contributed by atoms with Gasteiger partial charge >= 0.3 is 0 Å². The summed E-state index contributed by atoms with van der Waals surface area (Å²) < 4.78 is 0. The highest BCUT2D eigenvalue weighted by Gasteiger charge is 1.83. The summed E-state index contributed by atoms with van der Waals surface area (Å²) in [5.74, 6) is 0.582. The summed E-state index contributed by atoms with van der Waals surface area (Å²) in [7, 11) is 0. The topological polar surface area (TPSA) is 0 Å². The van der Waals surface area contributed by atoms with Crippen LogP contribution in [-0.4, -0.2) is 0 Å². The summed E-state index contributed by atoms with van der Waals surface area (Å²) in [4.78, 5) is 0. The lowest BCUT2D eigenvalue weighted by atomic mass is 10.2. The molecule has 66 valence electrons. The molecule has 0 saturated carbocycles. The van der Waals surface area contributed by atoms with Crippen LogP contribution in [0.4, 0.5) is 0 Å². The van der Waals surface area contributed by atoms with Crippen molar-refractivity contribution in [2.24, 2.45) is 5.92 Å². The second-order valence-electron chi connectivity index (χ2n) is 2.28. The fraction of sp³-hybridized carbons (Fsp3) is 0.600. The molecule has 0 unspecified atom stereocenters. The van der Waals surface area contributed by atoms with Gasteiger partial charge in [-0.05, 0) is 18.9 Å². The molecular weight excluding hydrogens is 156 g/mol. The number of hydrogen-bond donors (Lipinski definition) is 0. The van der Waals surface area contributed by atoms with Crippen molar-refractivity contribution in [1.29, 1.82) is 0 Å². The van der Waals surface area contributed by atoms with Crippen LogP contribution in [0.25, 0.3) is 0 Å². The molecule has 0 atom stereocenters. The van der Waals surface area contributed by atoms with Crippen LogP contribution in [0.3, 0.4) is 0 Å². The Bertz CT molecular complexity index is 121. The van der Waals surface area contributed by atoms with Crippen molar-refractivity contribution < 1.29 is 0 Å².